The molecule has 2 saturated heterocycles. The van der Waals surface area contributed by atoms with E-state index in [1.807, 2.05) is 0 Å². The second-order valence-corrected chi connectivity index (χ2v) is 6.96. The fourth-order valence-electron chi connectivity index (χ4n) is 3.18. The van der Waals surface area contributed by atoms with Crippen LogP contribution >= 0.6 is 0 Å². The summed E-state index contributed by atoms with van der Waals surface area (Å²) in [6.45, 7) is -1.60. The molecule has 0 aromatic carbocycles. The number of ether oxygens (including phenoxy) is 4. The fourth-order valence-corrected chi connectivity index (χ4v) is 3.18. The van der Waals surface area contributed by atoms with E-state index in [9.17, 15) is 45.6 Å². The summed E-state index contributed by atoms with van der Waals surface area (Å²) in [5, 5.41) is 89.1. The molecule has 2 rings (SSSR count). The molecule has 176 valence electrons. The Kier molecular flexibility index (Phi) is 8.69. The summed E-state index contributed by atoms with van der Waals surface area (Å²) in [6, 6.07) is 0. The van der Waals surface area contributed by atoms with E-state index < -0.39 is 92.9 Å². The normalized spacial score (nSPS) is 44.3. The number of rotatable bonds is 7. The van der Waals surface area contributed by atoms with Crippen LogP contribution in [0.2, 0.25) is 0 Å². The molecule has 2 aliphatic rings. The Bertz CT molecular complexity index is 567. The number of hydrogen-bond donors (Lipinski definition) is 10. The van der Waals surface area contributed by atoms with E-state index in [1.165, 1.54) is 0 Å². The van der Waals surface area contributed by atoms with Crippen LogP contribution in [0, 0.1) is 0 Å². The Balaban J connectivity index is 2.16. The van der Waals surface area contributed by atoms with E-state index in [1.54, 1.807) is 0 Å². The van der Waals surface area contributed by atoms with Crippen molar-refractivity contribution in [3.8, 4) is 0 Å². The number of primary amides is 1. The molecular formula is C15H27NO14. The second kappa shape index (κ2) is 10.4. The summed E-state index contributed by atoms with van der Waals surface area (Å²) < 4.78 is 19.7. The predicted octanol–water partition coefficient (Wildman–Crippen LogP) is -6.57. The molecule has 11 N–H and O–H groups in total. The quantitative estimate of drug-likeness (QED) is 0.175. The first-order chi connectivity index (χ1) is 14.0. The highest BCUT2D eigenvalue weighted by atomic mass is 16.7. The fraction of sp³-hybridized carbons (Fsp3) is 0.933. The van der Waals surface area contributed by atoms with E-state index in [2.05, 4.69) is 4.74 Å². The lowest BCUT2D eigenvalue weighted by molar-refractivity contribution is -0.363. The first-order valence-electron chi connectivity index (χ1n) is 8.93. The molecule has 0 spiro atoms. The van der Waals surface area contributed by atoms with Crippen molar-refractivity contribution in [1.82, 2.24) is 0 Å². The molecule has 2 aliphatic heterocycles. The van der Waals surface area contributed by atoms with E-state index in [0.717, 1.165) is 0 Å². The summed E-state index contributed by atoms with van der Waals surface area (Å²) in [7, 11) is 0. The van der Waals surface area contributed by atoms with E-state index >= 15 is 0 Å². The Morgan fingerprint density at radius 2 is 1.47 bits per heavy atom. The first kappa shape index (κ1) is 25.1. The van der Waals surface area contributed by atoms with Gasteiger partial charge in [-0.2, -0.15) is 0 Å². The first-order valence-corrected chi connectivity index (χ1v) is 8.93. The average molecular weight is 445 g/mol. The summed E-state index contributed by atoms with van der Waals surface area (Å²) in [4.78, 5) is 10.7. The molecule has 15 heteroatoms. The van der Waals surface area contributed by atoms with Crippen LogP contribution in [0.4, 0.5) is 4.79 Å². The van der Waals surface area contributed by atoms with Crippen LogP contribution in [0.1, 0.15) is 0 Å². The summed E-state index contributed by atoms with van der Waals surface area (Å²) in [5.41, 5.74) is 4.78. The molecule has 30 heavy (non-hydrogen) atoms. The van der Waals surface area contributed by atoms with Gasteiger partial charge in [-0.05, 0) is 0 Å². The number of aliphatic hydroxyl groups excluding tert-OH is 9. The minimum absolute atomic E-state index is 0.738. The molecule has 2 heterocycles. The van der Waals surface area contributed by atoms with Crippen molar-refractivity contribution < 1.29 is 69.7 Å². The second-order valence-electron chi connectivity index (χ2n) is 6.96. The highest BCUT2D eigenvalue weighted by Crippen LogP contribution is 2.30. The SMILES string of the molecule is NC(=O)OC[C@H](O)[C@H]1O[C@H](O[C@H]2[C@H](O)[C@@H]([C@@H](O)CO)OC(O)[C@H]2O)[C@@H](O)[C@@H](O)[C@@H]1O. The summed E-state index contributed by atoms with van der Waals surface area (Å²) in [5.74, 6) is 0. The van der Waals surface area contributed by atoms with Gasteiger partial charge in [-0.3, -0.25) is 0 Å². The third-order valence-corrected chi connectivity index (χ3v) is 4.84. The van der Waals surface area contributed by atoms with E-state index in [0.29, 0.717) is 0 Å². The molecule has 15 nitrogen and oxygen atoms in total. The van der Waals surface area contributed by atoms with Gasteiger partial charge >= 0.3 is 6.09 Å². The van der Waals surface area contributed by atoms with Crippen molar-refractivity contribution in [1.29, 1.82) is 0 Å². The van der Waals surface area contributed by atoms with Gasteiger partial charge in [-0.15, -0.1) is 0 Å². The number of amides is 1. The number of carbonyl (C=O) groups is 1. The monoisotopic (exact) mass is 445 g/mol. The zero-order valence-electron chi connectivity index (χ0n) is 15.5. The van der Waals surface area contributed by atoms with Crippen LogP contribution in [0.3, 0.4) is 0 Å². The highest BCUT2D eigenvalue weighted by Gasteiger charge is 2.52. The Morgan fingerprint density at radius 3 is 2.03 bits per heavy atom. The Labute approximate surface area is 169 Å². The van der Waals surface area contributed by atoms with Crippen LogP contribution < -0.4 is 5.73 Å². The zero-order valence-corrected chi connectivity index (χ0v) is 15.5. The van der Waals surface area contributed by atoms with Gasteiger partial charge < -0.3 is 70.6 Å². The molecule has 1 amide bonds. The lowest BCUT2D eigenvalue weighted by Gasteiger charge is -2.46. The molecular weight excluding hydrogens is 418 g/mol. The molecule has 2 fully saturated rings. The van der Waals surface area contributed by atoms with Gasteiger partial charge in [-0.1, -0.05) is 0 Å². The van der Waals surface area contributed by atoms with Gasteiger partial charge in [0.1, 0.15) is 67.6 Å². The standard InChI is InChI=1S/C15H27NO14/c16-15(26)27-2-4(19)11-6(21)5(20)7(22)14(29-11)30-12-8(23)10(3(18)1-17)28-13(25)9(12)24/h3-14,17-25H,1-2H2,(H2,16,26)/t3-,4-,5-,6-,7-,8+,9-,10+,11+,12-,13?,14+/m0/s1. The minimum atomic E-state index is -1.97. The summed E-state index contributed by atoms with van der Waals surface area (Å²) >= 11 is 0. The third-order valence-electron chi connectivity index (χ3n) is 4.84. The topological polar surface area (TPSA) is 262 Å². The molecule has 0 bridgehead atoms. The average Bonchev–Trinajstić information content (AvgIpc) is 2.71. The molecule has 0 aliphatic carbocycles. The number of carbonyl (C=O) groups excluding carboxylic acids is 1. The Hall–Kier alpha value is -1.21. The van der Waals surface area contributed by atoms with Gasteiger partial charge in [0, 0.05) is 0 Å². The van der Waals surface area contributed by atoms with Gasteiger partial charge in [-0.25, -0.2) is 4.79 Å². The maximum atomic E-state index is 10.7. The predicted molar refractivity (Wildman–Crippen MR) is 89.1 cm³/mol. The van der Waals surface area contributed by atoms with Crippen molar-refractivity contribution in [3.63, 3.8) is 0 Å². The smallest absolute Gasteiger partial charge is 0.404 e. The van der Waals surface area contributed by atoms with E-state index in [-0.39, 0.29) is 0 Å². The molecule has 12 atom stereocenters. The van der Waals surface area contributed by atoms with Gasteiger partial charge in [0.05, 0.1) is 6.61 Å². The van der Waals surface area contributed by atoms with Crippen molar-refractivity contribution in [3.05, 3.63) is 0 Å². The Morgan fingerprint density at radius 1 is 0.867 bits per heavy atom. The highest BCUT2D eigenvalue weighted by molar-refractivity contribution is 5.64. The van der Waals surface area contributed by atoms with E-state index in [4.69, 9.17) is 25.1 Å². The van der Waals surface area contributed by atoms with Crippen LogP contribution in [0.5, 0.6) is 0 Å². The van der Waals surface area contributed by atoms with Crippen molar-refractivity contribution in [2.45, 2.75) is 73.6 Å². The van der Waals surface area contributed by atoms with Gasteiger partial charge in [0.25, 0.3) is 0 Å². The maximum Gasteiger partial charge on any atom is 0.404 e. The van der Waals surface area contributed by atoms with Gasteiger partial charge in [0.15, 0.2) is 12.6 Å². The maximum absolute atomic E-state index is 10.7. The van der Waals surface area contributed by atoms with Crippen molar-refractivity contribution >= 4 is 6.09 Å². The number of aliphatic hydroxyl groups is 9. The number of nitrogens with two attached hydrogens (primary N) is 1. The van der Waals surface area contributed by atoms with Crippen LogP contribution in [-0.2, 0) is 18.9 Å². The molecule has 0 radical (unpaired) electrons. The van der Waals surface area contributed by atoms with Crippen molar-refractivity contribution in [2.75, 3.05) is 13.2 Å². The molecule has 1 unspecified atom stereocenters. The summed E-state index contributed by atoms with van der Waals surface area (Å²) in [6.07, 6.45) is -23.0. The van der Waals surface area contributed by atoms with Crippen LogP contribution in [-0.4, -0.2) is 139 Å². The number of hydrogen-bond acceptors (Lipinski definition) is 14. The largest absolute Gasteiger partial charge is 0.447 e. The molecule has 0 aromatic rings. The van der Waals surface area contributed by atoms with Gasteiger partial charge in [0.2, 0.25) is 0 Å². The lowest BCUT2D eigenvalue weighted by atomic mass is 9.93. The van der Waals surface area contributed by atoms with Crippen LogP contribution in [0.25, 0.3) is 0 Å². The van der Waals surface area contributed by atoms with Crippen molar-refractivity contribution in [2.24, 2.45) is 5.73 Å². The molecule has 0 aromatic heterocycles. The third kappa shape index (κ3) is 5.34. The van der Waals surface area contributed by atoms with Crippen LogP contribution in [0.15, 0.2) is 0 Å². The lowest BCUT2D eigenvalue weighted by Crippen LogP contribution is -2.66. The zero-order chi connectivity index (χ0) is 22.7. The molecule has 0 saturated carbocycles. The minimum Gasteiger partial charge on any atom is -0.447 e.